The highest BCUT2D eigenvalue weighted by Gasteiger charge is 2.15. The minimum absolute atomic E-state index is 0.0839. The molecule has 0 saturated heterocycles. The highest BCUT2D eigenvalue weighted by atomic mass is 16.3. The fourth-order valence-electron chi connectivity index (χ4n) is 0.515. The Balaban J connectivity index is 0. The minimum Gasteiger partial charge on any atom is -0.396 e. The van der Waals surface area contributed by atoms with Gasteiger partial charge in [0.2, 0.25) is 0 Å². The van der Waals surface area contributed by atoms with Crippen LogP contribution in [-0.2, 0) is 4.79 Å². The highest BCUT2D eigenvalue weighted by molar-refractivity contribution is 5.58. The van der Waals surface area contributed by atoms with Gasteiger partial charge < -0.3 is 9.90 Å². The second-order valence-electron chi connectivity index (χ2n) is 5.10. The lowest BCUT2D eigenvalue weighted by Crippen LogP contribution is -2.14. The van der Waals surface area contributed by atoms with E-state index in [0.29, 0.717) is 12.8 Å². The van der Waals surface area contributed by atoms with Gasteiger partial charge in [-0.05, 0) is 0 Å². The summed E-state index contributed by atoms with van der Waals surface area (Å²) < 4.78 is 0. The van der Waals surface area contributed by atoms with Crippen molar-refractivity contribution in [3.05, 3.63) is 0 Å². The van der Waals surface area contributed by atoms with Gasteiger partial charge in [-0.3, -0.25) is 0 Å². The van der Waals surface area contributed by atoms with Crippen LogP contribution in [0.5, 0.6) is 0 Å². The van der Waals surface area contributed by atoms with E-state index < -0.39 is 5.41 Å². The van der Waals surface area contributed by atoms with Crippen LogP contribution in [0.25, 0.3) is 0 Å². The Morgan fingerprint density at radius 3 is 1.69 bits per heavy atom. The summed E-state index contributed by atoms with van der Waals surface area (Å²) in [5.74, 6) is 0. The zero-order valence-corrected chi connectivity index (χ0v) is 10.4. The number of hydrogen-bond acceptors (Lipinski definition) is 4. The van der Waals surface area contributed by atoms with Gasteiger partial charge in [0, 0.05) is 30.3 Å². The molecule has 0 bridgehead atoms. The molecule has 0 saturated carbocycles. The average molecular weight is 224 g/mol. The molecule has 0 heterocycles. The SMILES string of the molecule is CC(C)(C=O)CC#N.CC(C)(CO)CC#N. The summed E-state index contributed by atoms with van der Waals surface area (Å²) in [6.45, 7) is 7.28. The third-order valence-electron chi connectivity index (χ3n) is 1.84. The normalized spacial score (nSPS) is 10.4. The third kappa shape index (κ3) is 10.7. The van der Waals surface area contributed by atoms with Gasteiger partial charge in [-0.15, -0.1) is 0 Å². The molecule has 4 heteroatoms. The molecule has 16 heavy (non-hydrogen) atoms. The number of aldehydes is 1. The van der Waals surface area contributed by atoms with Gasteiger partial charge in [0.1, 0.15) is 6.29 Å². The van der Waals surface area contributed by atoms with Crippen LogP contribution in [0.15, 0.2) is 0 Å². The number of hydrogen-bond donors (Lipinski definition) is 1. The number of nitrogens with zero attached hydrogens (tertiary/aromatic N) is 2. The molecule has 0 amide bonds. The smallest absolute Gasteiger partial charge is 0.126 e. The number of aliphatic hydroxyl groups excluding tert-OH is 1. The lowest BCUT2D eigenvalue weighted by atomic mass is 9.92. The van der Waals surface area contributed by atoms with Gasteiger partial charge in [0.25, 0.3) is 0 Å². The van der Waals surface area contributed by atoms with Gasteiger partial charge in [-0.1, -0.05) is 27.7 Å². The summed E-state index contributed by atoms with van der Waals surface area (Å²) in [5, 5.41) is 24.9. The number of aliphatic hydroxyl groups is 1. The van der Waals surface area contributed by atoms with E-state index in [-0.39, 0.29) is 12.0 Å². The van der Waals surface area contributed by atoms with Crippen LogP contribution < -0.4 is 0 Å². The van der Waals surface area contributed by atoms with Gasteiger partial charge in [0.15, 0.2) is 0 Å². The van der Waals surface area contributed by atoms with Crippen LogP contribution in [0.2, 0.25) is 0 Å². The second-order valence-corrected chi connectivity index (χ2v) is 5.10. The van der Waals surface area contributed by atoms with E-state index in [1.54, 1.807) is 13.8 Å². The molecular formula is C12H20N2O2. The first-order valence-electron chi connectivity index (χ1n) is 5.06. The van der Waals surface area contributed by atoms with Crippen molar-refractivity contribution >= 4 is 6.29 Å². The first-order valence-corrected chi connectivity index (χ1v) is 5.06. The van der Waals surface area contributed by atoms with Gasteiger partial charge >= 0.3 is 0 Å². The molecular weight excluding hydrogens is 204 g/mol. The van der Waals surface area contributed by atoms with Crippen molar-refractivity contribution in [3.63, 3.8) is 0 Å². The average Bonchev–Trinajstić information content (AvgIpc) is 2.19. The molecule has 0 atom stereocenters. The fourth-order valence-corrected chi connectivity index (χ4v) is 0.515. The predicted octanol–water partition coefficient (Wildman–Crippen LogP) is 2.04. The molecule has 90 valence electrons. The van der Waals surface area contributed by atoms with Crippen LogP contribution in [0.1, 0.15) is 40.5 Å². The molecule has 1 N–H and O–H groups in total. The van der Waals surface area contributed by atoms with E-state index in [1.165, 1.54) is 0 Å². The van der Waals surface area contributed by atoms with Crippen molar-refractivity contribution in [2.24, 2.45) is 10.8 Å². The maximum Gasteiger partial charge on any atom is 0.126 e. The zero-order chi connectivity index (χ0) is 13.2. The Kier molecular flexibility index (Phi) is 8.34. The van der Waals surface area contributed by atoms with Crippen molar-refractivity contribution in [3.8, 4) is 12.1 Å². The monoisotopic (exact) mass is 224 g/mol. The van der Waals surface area contributed by atoms with Crippen molar-refractivity contribution in [1.29, 1.82) is 10.5 Å². The lowest BCUT2D eigenvalue weighted by molar-refractivity contribution is -0.114. The summed E-state index contributed by atoms with van der Waals surface area (Å²) in [6, 6.07) is 3.93. The first kappa shape index (κ1) is 17.0. The maximum absolute atomic E-state index is 10.1. The topological polar surface area (TPSA) is 84.9 Å². The van der Waals surface area contributed by atoms with Crippen LogP contribution >= 0.6 is 0 Å². The Hall–Kier alpha value is -1.39. The number of carbonyl (C=O) groups excluding carboxylic acids is 1. The first-order chi connectivity index (χ1) is 7.24. The Bertz CT molecular complexity index is 282. The van der Waals surface area contributed by atoms with Crippen LogP contribution in [0, 0.1) is 33.5 Å². The summed E-state index contributed by atoms with van der Waals surface area (Å²) in [6.07, 6.45) is 1.52. The Morgan fingerprint density at radius 2 is 1.56 bits per heavy atom. The van der Waals surface area contributed by atoms with Gasteiger partial charge in [0.05, 0.1) is 12.1 Å². The van der Waals surface area contributed by atoms with E-state index in [9.17, 15) is 4.79 Å². The molecule has 0 aliphatic heterocycles. The van der Waals surface area contributed by atoms with Crippen molar-refractivity contribution in [2.45, 2.75) is 40.5 Å². The van der Waals surface area contributed by atoms with Crippen LogP contribution in [0.4, 0.5) is 0 Å². The van der Waals surface area contributed by atoms with E-state index in [2.05, 4.69) is 0 Å². The lowest BCUT2D eigenvalue weighted by Gasteiger charge is -2.15. The summed E-state index contributed by atoms with van der Waals surface area (Å²) in [7, 11) is 0. The summed E-state index contributed by atoms with van der Waals surface area (Å²) in [5.41, 5.74) is -0.663. The highest BCUT2D eigenvalue weighted by Crippen LogP contribution is 2.17. The van der Waals surface area contributed by atoms with E-state index in [0.717, 1.165) is 6.29 Å². The molecule has 0 unspecified atom stereocenters. The Morgan fingerprint density at radius 1 is 1.12 bits per heavy atom. The molecule has 0 aromatic heterocycles. The molecule has 0 radical (unpaired) electrons. The zero-order valence-electron chi connectivity index (χ0n) is 10.4. The molecule has 4 nitrogen and oxygen atoms in total. The standard InChI is InChI=1S/C6H11NO.C6H9NO/c2*1-6(2,5-8)3-4-7/h8H,3,5H2,1-2H3;5H,3H2,1-2H3. The minimum atomic E-state index is -0.450. The van der Waals surface area contributed by atoms with Crippen molar-refractivity contribution in [2.75, 3.05) is 6.61 Å². The van der Waals surface area contributed by atoms with Gasteiger partial charge in [-0.2, -0.15) is 10.5 Å². The number of nitriles is 2. The molecule has 0 fully saturated rings. The third-order valence-corrected chi connectivity index (χ3v) is 1.84. The fraction of sp³-hybridized carbons (Fsp3) is 0.750. The number of rotatable bonds is 4. The van der Waals surface area contributed by atoms with E-state index >= 15 is 0 Å². The molecule has 0 aromatic rings. The quantitative estimate of drug-likeness (QED) is 0.740. The molecule has 0 aliphatic rings. The van der Waals surface area contributed by atoms with E-state index in [1.807, 2.05) is 26.0 Å². The maximum atomic E-state index is 10.1. The Labute approximate surface area is 97.5 Å². The second kappa shape index (κ2) is 7.84. The largest absolute Gasteiger partial charge is 0.396 e. The molecule has 0 rings (SSSR count). The van der Waals surface area contributed by atoms with Crippen molar-refractivity contribution in [1.82, 2.24) is 0 Å². The number of carbonyl (C=O) groups is 1. The van der Waals surface area contributed by atoms with Gasteiger partial charge in [-0.25, -0.2) is 0 Å². The van der Waals surface area contributed by atoms with E-state index in [4.69, 9.17) is 15.6 Å². The molecule has 0 aliphatic carbocycles. The van der Waals surface area contributed by atoms with Crippen LogP contribution in [0.3, 0.4) is 0 Å². The summed E-state index contributed by atoms with van der Waals surface area (Å²) >= 11 is 0. The predicted molar refractivity (Wildman–Crippen MR) is 61.2 cm³/mol. The molecule has 0 aromatic carbocycles. The molecule has 0 spiro atoms. The van der Waals surface area contributed by atoms with Crippen molar-refractivity contribution < 1.29 is 9.90 Å². The van der Waals surface area contributed by atoms with Crippen LogP contribution in [-0.4, -0.2) is 18.0 Å². The summed E-state index contributed by atoms with van der Waals surface area (Å²) in [4.78, 5) is 10.1.